The Kier molecular flexibility index (Phi) is 15.1. The van der Waals surface area contributed by atoms with E-state index in [1.54, 1.807) is 12.3 Å². The van der Waals surface area contributed by atoms with Crippen LogP contribution in [-0.2, 0) is 20.1 Å². The molecule has 0 bridgehead atoms. The molecule has 0 atom stereocenters. The Bertz CT molecular complexity index is 4810. The van der Waals surface area contributed by atoms with Crippen molar-refractivity contribution in [3.05, 3.63) is 357 Å². The second-order valence-electron chi connectivity index (χ2n) is 21.2. The molecular weight excluding hydrogens is 1230 g/mol. The van der Waals surface area contributed by atoms with Gasteiger partial charge in [-0.3, -0.25) is 0 Å². The summed E-state index contributed by atoms with van der Waals surface area (Å²) in [5, 5.41) is 0. The van der Waals surface area contributed by atoms with Gasteiger partial charge in [-0.2, -0.15) is 0 Å². The van der Waals surface area contributed by atoms with E-state index in [0.717, 1.165) is 128 Å². The van der Waals surface area contributed by atoms with Gasteiger partial charge >= 0.3 is 0 Å². The van der Waals surface area contributed by atoms with Gasteiger partial charge in [0.2, 0.25) is 0 Å². The van der Waals surface area contributed by atoms with E-state index in [1.165, 1.54) is 0 Å². The zero-order chi connectivity index (χ0) is 60.1. The second kappa shape index (κ2) is 25.3. The Morgan fingerprint density at radius 1 is 0.322 bits per heavy atom. The summed E-state index contributed by atoms with van der Waals surface area (Å²) < 4.78 is 25.9. The third-order valence-electron chi connectivity index (χ3n) is 15.9. The number of aryl methyl sites for hydroxylation is 1. The molecule has 0 fully saturated rings. The van der Waals surface area contributed by atoms with Crippen LogP contribution in [0.1, 0.15) is 26.4 Å². The number of hydrogen-bond donors (Lipinski definition) is 0. The quantitative estimate of drug-likeness (QED) is 0.108. The first kappa shape index (κ1) is 52.0. The topological polar surface area (TPSA) is 38.7 Å². The minimum atomic E-state index is -2.39. The van der Waals surface area contributed by atoms with Crippen molar-refractivity contribution in [3.63, 3.8) is 0 Å². The fourth-order valence-corrected chi connectivity index (χ4v) is 11.7. The standard InChI is InChI=1S/C83H55N3.Ir/c1-57-50-83(86-56-80(57)61-30-12-5-13-31-61)66-44-47-75(79(55-66)60-28-10-4-11-29-60)72-36-18-15-33-69(72)63-41-40-62(68-32-14-17-35-71(68)74-45-42-64(81-38-20-22-48-84-81)53-77(74)58-24-6-2-7-25-58)51-67(52-63)70-34-16-19-37-73(70)76-46-43-65(82-39-21-23-49-85-82)54-78(76)59-26-8-3-9-27-59;/h2-41,45-56H,1H3;/q-4;/i1D3;. The normalized spacial score (nSPS) is 12.6. The van der Waals surface area contributed by atoms with Crippen LogP contribution in [0.5, 0.6) is 0 Å². The van der Waals surface area contributed by atoms with Gasteiger partial charge in [-0.15, -0.1) is 107 Å². The molecule has 0 amide bonds. The van der Waals surface area contributed by atoms with Crippen molar-refractivity contribution >= 4 is 16.7 Å². The van der Waals surface area contributed by atoms with Crippen LogP contribution in [0.3, 0.4) is 0 Å². The first-order chi connectivity index (χ1) is 43.8. The van der Waals surface area contributed by atoms with Crippen molar-refractivity contribution in [2.24, 2.45) is 0 Å². The van der Waals surface area contributed by atoms with E-state index in [1.807, 2.05) is 103 Å². The summed E-state index contributed by atoms with van der Waals surface area (Å²) in [4.78, 5) is 14.4. The Labute approximate surface area is 527 Å². The van der Waals surface area contributed by atoms with Gasteiger partial charge in [0, 0.05) is 48.4 Å². The fourth-order valence-electron chi connectivity index (χ4n) is 11.7. The molecule has 1 radical (unpaired) electrons. The van der Waals surface area contributed by atoms with Gasteiger partial charge in [0.25, 0.3) is 0 Å². The van der Waals surface area contributed by atoms with Gasteiger partial charge < -0.3 is 15.0 Å². The molecule has 14 rings (SSSR count). The first-order valence-electron chi connectivity index (χ1n) is 30.3. The number of hydrogen-bond acceptors (Lipinski definition) is 3. The summed E-state index contributed by atoms with van der Waals surface area (Å²) in [7, 11) is 0. The Hall–Kier alpha value is -10.6. The largest absolute Gasteiger partial charge is 0.305 e. The zero-order valence-electron chi connectivity index (χ0n) is 50.2. The summed E-state index contributed by atoms with van der Waals surface area (Å²) in [6, 6.07) is 104. The van der Waals surface area contributed by atoms with E-state index in [4.69, 9.17) is 19.1 Å². The summed E-state index contributed by atoms with van der Waals surface area (Å²) >= 11 is 0. The molecule has 3 nitrogen and oxygen atoms in total. The first-order valence-corrected chi connectivity index (χ1v) is 28.8. The van der Waals surface area contributed by atoms with Gasteiger partial charge in [-0.25, -0.2) is 0 Å². The molecule has 0 saturated heterocycles. The van der Waals surface area contributed by atoms with E-state index in [2.05, 4.69) is 219 Å². The number of allylic oxidation sites excluding steroid dienone is 6. The molecule has 1 aliphatic carbocycles. The van der Waals surface area contributed by atoms with Crippen LogP contribution in [-0.4, -0.2) is 15.0 Å². The van der Waals surface area contributed by atoms with Crippen LogP contribution >= 0.6 is 0 Å². The Balaban J connectivity index is 0.00000743. The molecule has 0 aliphatic heterocycles. The number of nitrogens with zero attached hydrogens (tertiary/aromatic N) is 3. The van der Waals surface area contributed by atoms with Gasteiger partial charge in [-0.05, 0) is 69.4 Å². The van der Waals surface area contributed by atoms with Crippen molar-refractivity contribution < 1.29 is 24.2 Å². The molecule has 4 heteroatoms. The average Bonchev–Trinajstić information content (AvgIpc) is 1.24. The molecule has 1 aliphatic rings. The van der Waals surface area contributed by atoms with Gasteiger partial charge in [0.15, 0.2) is 0 Å². The van der Waals surface area contributed by atoms with Crippen LogP contribution in [0.4, 0.5) is 0 Å². The molecule has 87 heavy (non-hydrogen) atoms. The molecule has 415 valence electrons. The van der Waals surface area contributed by atoms with Crippen LogP contribution in [0.15, 0.2) is 310 Å². The number of rotatable bonds is 13. The van der Waals surface area contributed by atoms with Crippen molar-refractivity contribution in [1.29, 1.82) is 0 Å². The maximum Gasteiger partial charge on any atom is 0.0280 e. The SMILES string of the molecule is [2H]C([2H])([2H])c1cc(-c2[c-]cc(-c3ccccc3C3=CC(c4ccccc4-c4c[c-]c(-c5ccccn5)cc4-c4ccccc4)=CC(c4ccccc4-c4c[c-]c(-c5ccccn5)cc4-c4ccccc4)=C[CH-]3)c(-c3ccccc3)c2)ncc1-c1ccccc1.[Ir]. The van der Waals surface area contributed by atoms with E-state index < -0.39 is 6.85 Å². The van der Waals surface area contributed by atoms with Crippen LogP contribution < -0.4 is 0 Å². The number of benzene rings is 10. The maximum atomic E-state index is 8.65. The molecule has 3 heterocycles. The van der Waals surface area contributed by atoms with Crippen molar-refractivity contribution in [2.75, 3.05) is 0 Å². The van der Waals surface area contributed by atoms with Gasteiger partial charge in [0.1, 0.15) is 0 Å². The van der Waals surface area contributed by atoms with Crippen LogP contribution in [0.2, 0.25) is 0 Å². The predicted molar refractivity (Wildman–Crippen MR) is 357 cm³/mol. The Morgan fingerprint density at radius 3 is 1.14 bits per heavy atom. The van der Waals surface area contributed by atoms with Crippen molar-refractivity contribution in [3.8, 4) is 112 Å². The summed E-state index contributed by atoms with van der Waals surface area (Å²) in [6.07, 6.45) is 14.5. The zero-order valence-corrected chi connectivity index (χ0v) is 49.6. The number of aromatic nitrogens is 3. The van der Waals surface area contributed by atoms with Crippen LogP contribution in [0, 0.1) is 31.5 Å². The molecule has 0 N–H and O–H groups in total. The smallest absolute Gasteiger partial charge is 0.0280 e. The molecule has 0 spiro atoms. The summed E-state index contributed by atoms with van der Waals surface area (Å²) in [5.74, 6) is 0. The second-order valence-corrected chi connectivity index (χ2v) is 21.2. The monoisotopic (exact) mass is 1290 g/mol. The van der Waals surface area contributed by atoms with E-state index in [9.17, 15) is 0 Å². The van der Waals surface area contributed by atoms with E-state index in [-0.39, 0.29) is 25.7 Å². The van der Waals surface area contributed by atoms with Crippen molar-refractivity contribution in [1.82, 2.24) is 15.0 Å². The average molecular weight is 1290 g/mol. The molecular formula is C83H55IrN3-4. The van der Waals surface area contributed by atoms with E-state index >= 15 is 0 Å². The van der Waals surface area contributed by atoms with Gasteiger partial charge in [0.05, 0.1) is 0 Å². The maximum absolute atomic E-state index is 8.65. The third kappa shape index (κ3) is 11.6. The number of pyridine rings is 3. The molecule has 10 aromatic carbocycles. The van der Waals surface area contributed by atoms with E-state index in [0.29, 0.717) is 16.8 Å². The Morgan fingerprint density at radius 2 is 0.701 bits per heavy atom. The molecule has 13 aromatic rings. The van der Waals surface area contributed by atoms with Crippen molar-refractivity contribution in [2.45, 2.75) is 6.85 Å². The predicted octanol–water partition coefficient (Wildman–Crippen LogP) is 21.0. The third-order valence-corrected chi connectivity index (χ3v) is 15.9. The minimum absolute atomic E-state index is 0. The minimum Gasteiger partial charge on any atom is -0.305 e. The van der Waals surface area contributed by atoms with Gasteiger partial charge in [-0.1, -0.05) is 292 Å². The molecule has 3 aromatic heterocycles. The molecule has 0 unspecified atom stereocenters. The molecule has 0 saturated carbocycles. The van der Waals surface area contributed by atoms with Crippen LogP contribution in [0.25, 0.3) is 128 Å². The fraction of sp³-hybridized carbons (Fsp3) is 0.0120. The summed E-state index contributed by atoms with van der Waals surface area (Å²) in [5.41, 5.74) is 24.9. The summed E-state index contributed by atoms with van der Waals surface area (Å²) in [6.45, 7) is -2.39.